The molecule has 2 aliphatic heterocycles. The lowest BCUT2D eigenvalue weighted by Gasteiger charge is -2.58. The Morgan fingerprint density at radius 2 is 1.74 bits per heavy atom. The van der Waals surface area contributed by atoms with E-state index in [1.807, 2.05) is 0 Å². The van der Waals surface area contributed by atoms with Crippen LogP contribution >= 0.6 is 0 Å². The minimum absolute atomic E-state index is 0.205. The number of amides is 1. The second-order valence-corrected chi connectivity index (χ2v) is 8.03. The van der Waals surface area contributed by atoms with Crippen LogP contribution in [0.15, 0.2) is 0 Å². The summed E-state index contributed by atoms with van der Waals surface area (Å²) in [6.07, 6.45) is 1.33. The number of carbonyl (C=O) groups excluding carboxylic acids is 2. The van der Waals surface area contributed by atoms with Gasteiger partial charge in [-0.2, -0.15) is 0 Å². The van der Waals surface area contributed by atoms with Crippen molar-refractivity contribution in [3.05, 3.63) is 0 Å². The number of esters is 1. The van der Waals surface area contributed by atoms with Crippen LogP contribution in [0.3, 0.4) is 0 Å². The molecule has 1 N–H and O–H groups in total. The molecule has 6 heteroatoms. The van der Waals surface area contributed by atoms with Crippen molar-refractivity contribution in [2.45, 2.75) is 77.1 Å². The molecule has 2 fully saturated rings. The van der Waals surface area contributed by atoms with Gasteiger partial charge in [0.05, 0.1) is 19.3 Å². The monoisotopic (exact) mass is 326 g/mol. The highest BCUT2D eigenvalue weighted by molar-refractivity contribution is 5.87. The zero-order chi connectivity index (χ0) is 17.5. The lowest BCUT2D eigenvalue weighted by atomic mass is 9.68. The first-order chi connectivity index (χ1) is 10.5. The lowest BCUT2D eigenvalue weighted by molar-refractivity contribution is -0.165. The maximum Gasteiger partial charge on any atom is 0.331 e. The van der Waals surface area contributed by atoms with Crippen LogP contribution in [-0.2, 0) is 19.1 Å². The molecular formula is C17H30N2O4. The summed E-state index contributed by atoms with van der Waals surface area (Å²) in [5.74, 6) is -0.540. The van der Waals surface area contributed by atoms with E-state index >= 15 is 0 Å². The molecule has 0 aromatic heterocycles. The second kappa shape index (κ2) is 6.06. The largest absolute Gasteiger partial charge is 0.464 e. The van der Waals surface area contributed by atoms with Crippen molar-refractivity contribution >= 4 is 11.9 Å². The molecule has 0 bridgehead atoms. The van der Waals surface area contributed by atoms with Gasteiger partial charge in [-0.3, -0.25) is 9.69 Å². The first-order valence-electron chi connectivity index (χ1n) is 8.38. The van der Waals surface area contributed by atoms with Crippen LogP contribution in [0, 0.1) is 0 Å². The van der Waals surface area contributed by atoms with E-state index in [0.29, 0.717) is 19.4 Å². The van der Waals surface area contributed by atoms with Gasteiger partial charge in [-0.1, -0.05) is 0 Å². The molecule has 1 amide bonds. The molecule has 0 spiro atoms. The van der Waals surface area contributed by atoms with E-state index in [0.717, 1.165) is 13.2 Å². The Labute approximate surface area is 138 Å². The van der Waals surface area contributed by atoms with Gasteiger partial charge in [-0.25, -0.2) is 4.79 Å². The van der Waals surface area contributed by atoms with Crippen molar-refractivity contribution in [3.63, 3.8) is 0 Å². The molecule has 0 saturated carbocycles. The summed E-state index contributed by atoms with van der Waals surface area (Å²) >= 11 is 0. The predicted molar refractivity (Wildman–Crippen MR) is 87.0 cm³/mol. The van der Waals surface area contributed by atoms with Gasteiger partial charge in [0.1, 0.15) is 5.54 Å². The summed E-state index contributed by atoms with van der Waals surface area (Å²) < 4.78 is 10.7. The molecule has 23 heavy (non-hydrogen) atoms. The third-order valence-electron chi connectivity index (χ3n) is 4.80. The first-order valence-corrected chi connectivity index (χ1v) is 8.38. The van der Waals surface area contributed by atoms with Crippen molar-refractivity contribution in [3.8, 4) is 0 Å². The molecule has 2 saturated heterocycles. The highest BCUT2D eigenvalue weighted by atomic mass is 16.6. The molecule has 0 aromatic rings. The first kappa shape index (κ1) is 18.2. The van der Waals surface area contributed by atoms with Crippen LogP contribution in [0.4, 0.5) is 0 Å². The van der Waals surface area contributed by atoms with Gasteiger partial charge in [0.2, 0.25) is 5.91 Å². The van der Waals surface area contributed by atoms with Gasteiger partial charge in [-0.05, 0) is 47.5 Å². The maximum absolute atomic E-state index is 12.7. The number of hydrogen-bond acceptors (Lipinski definition) is 5. The van der Waals surface area contributed by atoms with Crippen molar-refractivity contribution in [1.82, 2.24) is 10.2 Å². The molecule has 2 rings (SSSR count). The minimum atomic E-state index is -0.976. The number of nitrogens with zero attached hydrogens (tertiary/aromatic N) is 1. The van der Waals surface area contributed by atoms with Crippen LogP contribution in [-0.4, -0.2) is 59.3 Å². The van der Waals surface area contributed by atoms with E-state index in [1.165, 1.54) is 6.92 Å². The number of likely N-dealkylation sites (tertiary alicyclic amines) is 1. The Morgan fingerprint density at radius 1 is 1.22 bits per heavy atom. The standard InChI is InChI=1S/C17H30N2O4/c1-7-22-14(21)17(18-12(2)20)10-15(3,4)19(8-13-9-23-13)16(5,6)11-17/h13H,7-11H2,1-6H3,(H,18,20). The highest BCUT2D eigenvalue weighted by Gasteiger charge is 2.57. The van der Waals surface area contributed by atoms with Crippen LogP contribution in [0.2, 0.25) is 0 Å². The van der Waals surface area contributed by atoms with E-state index in [-0.39, 0.29) is 29.1 Å². The summed E-state index contributed by atoms with van der Waals surface area (Å²) in [6.45, 7) is 13.7. The summed E-state index contributed by atoms with van der Waals surface area (Å²) in [5.41, 5.74) is -1.50. The Hall–Kier alpha value is -1.14. The van der Waals surface area contributed by atoms with Crippen molar-refractivity contribution in [2.24, 2.45) is 0 Å². The topological polar surface area (TPSA) is 71.2 Å². The number of rotatable bonds is 5. The number of epoxide rings is 1. The minimum Gasteiger partial charge on any atom is -0.464 e. The number of carbonyl (C=O) groups is 2. The van der Waals surface area contributed by atoms with Crippen LogP contribution < -0.4 is 5.32 Å². The highest BCUT2D eigenvalue weighted by Crippen LogP contribution is 2.44. The summed E-state index contributed by atoms with van der Waals surface area (Å²) in [4.78, 5) is 26.9. The fraction of sp³-hybridized carbons (Fsp3) is 0.882. The van der Waals surface area contributed by atoms with Gasteiger partial charge in [0, 0.05) is 24.5 Å². The Morgan fingerprint density at radius 3 is 2.13 bits per heavy atom. The van der Waals surface area contributed by atoms with Gasteiger partial charge < -0.3 is 14.8 Å². The van der Waals surface area contributed by atoms with Crippen molar-refractivity contribution in [2.75, 3.05) is 19.8 Å². The van der Waals surface area contributed by atoms with Gasteiger partial charge >= 0.3 is 5.97 Å². The van der Waals surface area contributed by atoms with E-state index < -0.39 is 5.54 Å². The normalized spacial score (nSPS) is 28.0. The molecular weight excluding hydrogens is 296 g/mol. The lowest BCUT2D eigenvalue weighted by Crippen LogP contribution is -2.72. The molecule has 132 valence electrons. The van der Waals surface area contributed by atoms with E-state index in [2.05, 4.69) is 37.9 Å². The van der Waals surface area contributed by atoms with Gasteiger partial charge in [0.25, 0.3) is 0 Å². The Balaban J connectivity index is 2.34. The predicted octanol–water partition coefficient (Wildman–Crippen LogP) is 1.48. The molecule has 0 aromatic carbocycles. The quantitative estimate of drug-likeness (QED) is 0.612. The average Bonchev–Trinajstić information content (AvgIpc) is 3.16. The third-order valence-corrected chi connectivity index (χ3v) is 4.80. The van der Waals surface area contributed by atoms with E-state index in [9.17, 15) is 9.59 Å². The maximum atomic E-state index is 12.7. The number of nitrogens with one attached hydrogen (secondary N) is 1. The number of hydrogen-bond donors (Lipinski definition) is 1. The zero-order valence-corrected chi connectivity index (χ0v) is 15.2. The van der Waals surface area contributed by atoms with Crippen molar-refractivity contribution in [1.29, 1.82) is 0 Å². The zero-order valence-electron chi connectivity index (χ0n) is 15.2. The molecule has 0 radical (unpaired) electrons. The summed E-state index contributed by atoms with van der Waals surface area (Å²) in [6, 6.07) is 0. The second-order valence-electron chi connectivity index (χ2n) is 8.03. The van der Waals surface area contributed by atoms with Crippen molar-refractivity contribution < 1.29 is 19.1 Å². The van der Waals surface area contributed by atoms with E-state index in [4.69, 9.17) is 9.47 Å². The molecule has 2 aliphatic rings. The van der Waals surface area contributed by atoms with Crippen LogP contribution in [0.25, 0.3) is 0 Å². The number of piperidine rings is 1. The fourth-order valence-corrected chi connectivity index (χ4v) is 4.31. The molecule has 6 nitrogen and oxygen atoms in total. The molecule has 1 unspecified atom stereocenters. The summed E-state index contributed by atoms with van der Waals surface area (Å²) in [5, 5.41) is 2.91. The van der Waals surface area contributed by atoms with Crippen LogP contribution in [0.1, 0.15) is 54.4 Å². The average molecular weight is 326 g/mol. The molecule has 1 atom stereocenters. The Kier molecular flexibility index (Phi) is 4.79. The van der Waals surface area contributed by atoms with E-state index in [1.54, 1.807) is 6.92 Å². The number of ether oxygens (including phenoxy) is 2. The molecule has 2 heterocycles. The van der Waals surface area contributed by atoms with Gasteiger partial charge in [0.15, 0.2) is 0 Å². The van der Waals surface area contributed by atoms with Crippen LogP contribution in [0.5, 0.6) is 0 Å². The smallest absolute Gasteiger partial charge is 0.331 e. The Bertz CT molecular complexity index is 465. The third kappa shape index (κ3) is 3.86. The SMILES string of the molecule is CCOC(=O)C1(NC(C)=O)CC(C)(C)N(CC2CO2)C(C)(C)C1. The summed E-state index contributed by atoms with van der Waals surface area (Å²) in [7, 11) is 0. The fourth-order valence-electron chi connectivity index (χ4n) is 4.31. The van der Waals surface area contributed by atoms with Gasteiger partial charge in [-0.15, -0.1) is 0 Å². The molecule has 0 aliphatic carbocycles.